The second-order valence-electron chi connectivity index (χ2n) is 6.05. The molecule has 0 bridgehead atoms. The molecule has 3 rings (SSSR count). The highest BCUT2D eigenvalue weighted by Gasteiger charge is 2.47. The number of nitrogens with zero attached hydrogens (tertiary/aromatic N) is 1. The predicted molar refractivity (Wildman–Crippen MR) is 73.1 cm³/mol. The van der Waals surface area contributed by atoms with Gasteiger partial charge in [-0.2, -0.15) is 0 Å². The minimum Gasteiger partial charge on any atom is -0.257 e. The van der Waals surface area contributed by atoms with Crippen LogP contribution in [0.1, 0.15) is 45.6 Å². The number of aliphatic imine (C=N–C) groups is 1. The molecule has 0 saturated heterocycles. The van der Waals surface area contributed by atoms with Crippen LogP contribution in [0.3, 0.4) is 0 Å². The monoisotopic (exact) mass is 227 g/mol. The van der Waals surface area contributed by atoms with E-state index in [1.165, 1.54) is 36.2 Å². The number of fused-ring (bicyclic) bond motifs is 3. The lowest BCUT2D eigenvalue weighted by Crippen LogP contribution is -2.42. The number of hydrogen-bond donors (Lipinski definition) is 0. The van der Waals surface area contributed by atoms with Crippen molar-refractivity contribution in [2.24, 2.45) is 16.8 Å². The normalized spacial score (nSPS) is 31.1. The zero-order chi connectivity index (χ0) is 12.0. The third kappa shape index (κ3) is 1.41. The van der Waals surface area contributed by atoms with Crippen LogP contribution in [0.25, 0.3) is 0 Å². The zero-order valence-electron chi connectivity index (χ0n) is 11.0. The Bertz CT molecular complexity index is 472. The van der Waals surface area contributed by atoms with Crippen LogP contribution < -0.4 is 0 Å². The van der Waals surface area contributed by atoms with Crippen LogP contribution in [0.4, 0.5) is 5.69 Å². The van der Waals surface area contributed by atoms with Crippen LogP contribution in [0.5, 0.6) is 0 Å². The van der Waals surface area contributed by atoms with E-state index >= 15 is 0 Å². The molecule has 0 aromatic heterocycles. The van der Waals surface area contributed by atoms with Gasteiger partial charge in [-0.15, -0.1) is 0 Å². The summed E-state index contributed by atoms with van der Waals surface area (Å²) in [5, 5.41) is 0. The molecule has 0 amide bonds. The van der Waals surface area contributed by atoms with E-state index in [4.69, 9.17) is 4.99 Å². The van der Waals surface area contributed by atoms with Crippen LogP contribution in [0.15, 0.2) is 29.3 Å². The molecule has 1 aromatic rings. The first-order valence-corrected chi connectivity index (χ1v) is 6.82. The van der Waals surface area contributed by atoms with Gasteiger partial charge in [-0.1, -0.05) is 39.0 Å². The molecule has 1 heteroatoms. The van der Waals surface area contributed by atoms with E-state index in [2.05, 4.69) is 45.0 Å². The summed E-state index contributed by atoms with van der Waals surface area (Å²) in [5.74, 6) is 1.45. The average molecular weight is 227 g/mol. The number of para-hydroxylation sites is 1. The van der Waals surface area contributed by atoms with E-state index < -0.39 is 0 Å². The molecular weight excluding hydrogens is 206 g/mol. The minimum absolute atomic E-state index is 0.253. The summed E-state index contributed by atoms with van der Waals surface area (Å²) in [6.45, 7) is 7.07. The summed E-state index contributed by atoms with van der Waals surface area (Å²) in [7, 11) is 0. The second kappa shape index (κ2) is 3.69. The third-order valence-corrected chi connectivity index (χ3v) is 4.71. The first-order chi connectivity index (χ1) is 8.14. The van der Waals surface area contributed by atoms with E-state index in [9.17, 15) is 0 Å². The van der Waals surface area contributed by atoms with Gasteiger partial charge in [0.1, 0.15) is 0 Å². The number of benzene rings is 1. The summed E-state index contributed by atoms with van der Waals surface area (Å²) >= 11 is 0. The fourth-order valence-corrected chi connectivity index (χ4v) is 3.69. The van der Waals surface area contributed by atoms with Crippen molar-refractivity contribution in [2.75, 3.05) is 0 Å². The van der Waals surface area contributed by atoms with E-state index in [1.807, 2.05) is 0 Å². The maximum absolute atomic E-state index is 4.93. The van der Waals surface area contributed by atoms with Crippen molar-refractivity contribution < 1.29 is 0 Å². The highest BCUT2D eigenvalue weighted by atomic mass is 14.8. The van der Waals surface area contributed by atoms with Crippen LogP contribution in [0.2, 0.25) is 0 Å². The van der Waals surface area contributed by atoms with Gasteiger partial charge in [-0.05, 0) is 42.7 Å². The summed E-state index contributed by atoms with van der Waals surface area (Å²) in [5.41, 5.74) is 4.41. The number of rotatable bonds is 1. The molecular formula is C16H21N. The topological polar surface area (TPSA) is 12.4 Å². The van der Waals surface area contributed by atoms with Crippen LogP contribution in [-0.2, 0) is 5.41 Å². The molecule has 1 aromatic carbocycles. The third-order valence-electron chi connectivity index (χ3n) is 4.71. The van der Waals surface area contributed by atoms with E-state index in [0.29, 0.717) is 5.92 Å². The van der Waals surface area contributed by atoms with Crippen molar-refractivity contribution in [1.29, 1.82) is 0 Å². The van der Waals surface area contributed by atoms with Crippen molar-refractivity contribution >= 4 is 11.4 Å². The Morgan fingerprint density at radius 3 is 2.82 bits per heavy atom. The van der Waals surface area contributed by atoms with Crippen LogP contribution in [0, 0.1) is 11.8 Å². The Balaban J connectivity index is 2.16. The molecule has 0 radical (unpaired) electrons. The molecule has 2 aliphatic rings. The lowest BCUT2D eigenvalue weighted by atomic mass is 9.61. The largest absolute Gasteiger partial charge is 0.257 e. The summed E-state index contributed by atoms with van der Waals surface area (Å²) in [4.78, 5) is 4.93. The highest BCUT2D eigenvalue weighted by Crippen LogP contribution is 2.52. The first-order valence-electron chi connectivity index (χ1n) is 6.82. The average Bonchev–Trinajstić information content (AvgIpc) is 2.63. The molecule has 2 unspecified atom stereocenters. The fraction of sp³-hybridized carbons (Fsp3) is 0.562. The molecule has 2 atom stereocenters. The molecule has 0 N–H and O–H groups in total. The Morgan fingerprint density at radius 2 is 2.06 bits per heavy atom. The van der Waals surface area contributed by atoms with Gasteiger partial charge >= 0.3 is 0 Å². The van der Waals surface area contributed by atoms with Gasteiger partial charge in [0, 0.05) is 11.1 Å². The zero-order valence-corrected chi connectivity index (χ0v) is 11.0. The fourth-order valence-electron chi connectivity index (χ4n) is 3.69. The van der Waals surface area contributed by atoms with Crippen molar-refractivity contribution in [1.82, 2.24) is 0 Å². The second-order valence-corrected chi connectivity index (χ2v) is 6.05. The Labute approximate surface area is 104 Å². The van der Waals surface area contributed by atoms with Gasteiger partial charge in [-0.3, -0.25) is 4.99 Å². The summed E-state index contributed by atoms with van der Waals surface area (Å²) in [6, 6.07) is 8.74. The van der Waals surface area contributed by atoms with Gasteiger partial charge in [0.15, 0.2) is 0 Å². The minimum atomic E-state index is 0.253. The van der Waals surface area contributed by atoms with Crippen molar-refractivity contribution in [3.63, 3.8) is 0 Å². The molecule has 0 spiro atoms. The Hall–Kier alpha value is -1.11. The summed E-state index contributed by atoms with van der Waals surface area (Å²) in [6.07, 6.45) is 3.81. The van der Waals surface area contributed by atoms with E-state index in [0.717, 1.165) is 5.92 Å². The predicted octanol–water partition coefficient (Wildman–Crippen LogP) is 4.49. The Morgan fingerprint density at radius 1 is 1.29 bits per heavy atom. The molecule has 1 nitrogen and oxygen atoms in total. The van der Waals surface area contributed by atoms with Crippen molar-refractivity contribution in [3.05, 3.63) is 29.8 Å². The smallest absolute Gasteiger partial charge is 0.0671 e. The van der Waals surface area contributed by atoms with Gasteiger partial charge < -0.3 is 0 Å². The number of hydrogen-bond acceptors (Lipinski definition) is 1. The summed E-state index contributed by atoms with van der Waals surface area (Å²) < 4.78 is 0. The maximum Gasteiger partial charge on any atom is 0.0671 e. The van der Waals surface area contributed by atoms with Gasteiger partial charge in [0.25, 0.3) is 0 Å². The molecule has 1 heterocycles. The molecule has 1 saturated carbocycles. The molecule has 17 heavy (non-hydrogen) atoms. The van der Waals surface area contributed by atoms with Crippen LogP contribution >= 0.6 is 0 Å². The SMILES string of the molecule is CC1CCC2(C(C)C)C(=Nc3ccccc32)C1. The van der Waals surface area contributed by atoms with Gasteiger partial charge in [0.2, 0.25) is 0 Å². The van der Waals surface area contributed by atoms with E-state index in [-0.39, 0.29) is 5.41 Å². The van der Waals surface area contributed by atoms with Crippen LogP contribution in [-0.4, -0.2) is 5.71 Å². The first kappa shape index (κ1) is 11.0. The molecule has 1 fully saturated rings. The van der Waals surface area contributed by atoms with Crippen molar-refractivity contribution in [2.45, 2.75) is 45.4 Å². The van der Waals surface area contributed by atoms with Gasteiger partial charge in [-0.25, -0.2) is 0 Å². The standard InChI is InChI=1S/C16H21N/c1-11(2)16-9-8-12(3)10-15(16)17-14-7-5-4-6-13(14)16/h4-7,11-12H,8-10H2,1-3H3. The molecule has 1 aliphatic carbocycles. The lowest BCUT2D eigenvalue weighted by molar-refractivity contribution is 0.318. The molecule has 90 valence electrons. The van der Waals surface area contributed by atoms with E-state index in [1.54, 1.807) is 0 Å². The Kier molecular flexibility index (Phi) is 2.39. The molecule has 1 aliphatic heterocycles. The quantitative estimate of drug-likeness (QED) is 0.670. The van der Waals surface area contributed by atoms with Gasteiger partial charge in [0.05, 0.1) is 5.69 Å². The highest BCUT2D eigenvalue weighted by molar-refractivity contribution is 6.02. The van der Waals surface area contributed by atoms with Crippen molar-refractivity contribution in [3.8, 4) is 0 Å². The maximum atomic E-state index is 4.93. The lowest BCUT2D eigenvalue weighted by Gasteiger charge is -2.41.